The Balaban J connectivity index is 1.54. The Morgan fingerprint density at radius 1 is 1.03 bits per heavy atom. The summed E-state index contributed by atoms with van der Waals surface area (Å²) in [5.74, 6) is -4.34. The number of pyridine rings is 1. The summed E-state index contributed by atoms with van der Waals surface area (Å²) in [6.07, 6.45) is 2.04. The molecule has 1 amide bonds. The average molecular weight is 543 g/mol. The fourth-order valence-corrected chi connectivity index (χ4v) is 4.22. The minimum absolute atomic E-state index is 0.114. The van der Waals surface area contributed by atoms with Crippen LogP contribution in [0.15, 0.2) is 53.3 Å². The van der Waals surface area contributed by atoms with Crippen molar-refractivity contribution in [1.29, 1.82) is 0 Å². The van der Waals surface area contributed by atoms with E-state index in [2.05, 4.69) is 5.32 Å². The molecular formula is C29H29F3N2O5. The van der Waals surface area contributed by atoms with E-state index in [1.54, 1.807) is 20.8 Å². The van der Waals surface area contributed by atoms with Gasteiger partial charge in [0.15, 0.2) is 11.6 Å². The lowest BCUT2D eigenvalue weighted by Gasteiger charge is -2.29. The van der Waals surface area contributed by atoms with Gasteiger partial charge in [-0.05, 0) is 75.8 Å². The second kappa shape index (κ2) is 11.3. The van der Waals surface area contributed by atoms with E-state index >= 15 is 0 Å². The molecule has 7 nitrogen and oxygen atoms in total. The molecule has 1 aliphatic carbocycles. The van der Waals surface area contributed by atoms with Crippen LogP contribution in [0.3, 0.4) is 0 Å². The SMILES string of the molecule is CC(C)(C)OC(=O)NCCc1ccc(F)c(C(=O)Oc2cc(C3CCC3)n(-c3cccc(F)c3F)c(=O)c2)c1. The highest BCUT2D eigenvalue weighted by Gasteiger charge is 2.27. The van der Waals surface area contributed by atoms with Crippen LogP contribution in [-0.2, 0) is 11.2 Å². The van der Waals surface area contributed by atoms with Crippen molar-refractivity contribution < 1.29 is 32.2 Å². The van der Waals surface area contributed by atoms with Crippen LogP contribution in [0, 0.1) is 17.5 Å². The van der Waals surface area contributed by atoms with E-state index in [4.69, 9.17) is 9.47 Å². The number of ether oxygens (including phenoxy) is 2. The highest BCUT2D eigenvalue weighted by atomic mass is 19.2. The number of rotatable bonds is 7. The van der Waals surface area contributed by atoms with Gasteiger partial charge in [-0.2, -0.15) is 0 Å². The van der Waals surface area contributed by atoms with E-state index in [1.807, 2.05) is 0 Å². The predicted octanol–water partition coefficient (Wildman–Crippen LogP) is 5.81. The molecule has 1 N–H and O–H groups in total. The van der Waals surface area contributed by atoms with Gasteiger partial charge in [0.1, 0.15) is 17.2 Å². The zero-order valence-electron chi connectivity index (χ0n) is 21.9. The molecule has 0 saturated heterocycles. The third-order valence-corrected chi connectivity index (χ3v) is 6.27. The number of carbonyl (C=O) groups excluding carboxylic acids is 2. The summed E-state index contributed by atoms with van der Waals surface area (Å²) in [6, 6.07) is 9.88. The van der Waals surface area contributed by atoms with Crippen LogP contribution in [0.4, 0.5) is 18.0 Å². The molecule has 206 valence electrons. The summed E-state index contributed by atoms with van der Waals surface area (Å²) in [5, 5.41) is 2.59. The Morgan fingerprint density at radius 3 is 2.44 bits per heavy atom. The first-order chi connectivity index (χ1) is 18.4. The van der Waals surface area contributed by atoms with Crippen LogP contribution >= 0.6 is 0 Å². The number of carbonyl (C=O) groups is 2. The molecule has 1 fully saturated rings. The molecule has 1 saturated carbocycles. The number of nitrogens with one attached hydrogen (secondary N) is 1. The highest BCUT2D eigenvalue weighted by molar-refractivity contribution is 5.91. The lowest BCUT2D eigenvalue weighted by Crippen LogP contribution is -2.33. The number of esters is 1. The number of benzene rings is 2. The maximum absolute atomic E-state index is 14.6. The molecule has 3 aromatic rings. The lowest BCUT2D eigenvalue weighted by molar-refractivity contribution is 0.0528. The molecule has 1 aromatic heterocycles. The van der Waals surface area contributed by atoms with Crippen LogP contribution in [0.1, 0.15) is 67.6 Å². The second-order valence-electron chi connectivity index (χ2n) is 10.4. The van der Waals surface area contributed by atoms with E-state index in [9.17, 15) is 27.6 Å². The van der Waals surface area contributed by atoms with Gasteiger partial charge >= 0.3 is 12.1 Å². The Morgan fingerprint density at radius 2 is 1.77 bits per heavy atom. The van der Waals surface area contributed by atoms with E-state index < -0.39 is 40.7 Å². The van der Waals surface area contributed by atoms with Crippen molar-refractivity contribution in [3.8, 4) is 11.4 Å². The van der Waals surface area contributed by atoms with Gasteiger partial charge in [0.05, 0.1) is 11.3 Å². The number of amides is 1. The lowest BCUT2D eigenvalue weighted by atomic mass is 9.82. The Bertz CT molecular complexity index is 1460. The van der Waals surface area contributed by atoms with Crippen LogP contribution in [0.25, 0.3) is 5.69 Å². The quantitative estimate of drug-likeness (QED) is 0.381. The normalized spacial score (nSPS) is 13.5. The fourth-order valence-electron chi connectivity index (χ4n) is 4.22. The first kappa shape index (κ1) is 27.9. The average Bonchev–Trinajstić information content (AvgIpc) is 2.80. The number of aromatic nitrogens is 1. The van der Waals surface area contributed by atoms with E-state index in [-0.39, 0.29) is 29.5 Å². The first-order valence-electron chi connectivity index (χ1n) is 12.6. The number of hydrogen-bond donors (Lipinski definition) is 1. The van der Waals surface area contributed by atoms with Crippen LogP contribution in [0.5, 0.6) is 5.75 Å². The largest absolute Gasteiger partial charge is 0.444 e. The van der Waals surface area contributed by atoms with Gasteiger partial charge in [0.2, 0.25) is 0 Å². The van der Waals surface area contributed by atoms with Gasteiger partial charge in [-0.15, -0.1) is 0 Å². The summed E-state index contributed by atoms with van der Waals surface area (Å²) < 4.78 is 54.6. The van der Waals surface area contributed by atoms with E-state index in [0.717, 1.165) is 42.0 Å². The summed E-state index contributed by atoms with van der Waals surface area (Å²) in [7, 11) is 0. The van der Waals surface area contributed by atoms with Crippen molar-refractivity contribution in [2.45, 2.75) is 58.0 Å². The number of alkyl carbamates (subject to hydrolysis) is 1. The van der Waals surface area contributed by atoms with Crippen LogP contribution in [-0.4, -0.2) is 28.8 Å². The van der Waals surface area contributed by atoms with Gasteiger partial charge < -0.3 is 14.8 Å². The fraction of sp³-hybridized carbons (Fsp3) is 0.345. The van der Waals surface area contributed by atoms with Gasteiger partial charge in [-0.25, -0.2) is 22.8 Å². The maximum atomic E-state index is 14.6. The molecular weight excluding hydrogens is 513 g/mol. The zero-order valence-corrected chi connectivity index (χ0v) is 21.9. The minimum atomic E-state index is -1.16. The van der Waals surface area contributed by atoms with Crippen molar-refractivity contribution in [1.82, 2.24) is 9.88 Å². The monoisotopic (exact) mass is 542 g/mol. The summed E-state index contributed by atoms with van der Waals surface area (Å²) in [5.41, 5.74) is -1.01. The van der Waals surface area contributed by atoms with E-state index in [1.165, 1.54) is 30.3 Å². The second-order valence-corrected chi connectivity index (χ2v) is 10.4. The Hall–Kier alpha value is -4.08. The van der Waals surface area contributed by atoms with Crippen LogP contribution in [0.2, 0.25) is 0 Å². The molecule has 0 atom stereocenters. The summed E-state index contributed by atoms with van der Waals surface area (Å²) in [4.78, 5) is 37.7. The molecule has 10 heteroatoms. The molecule has 4 rings (SSSR count). The molecule has 0 aliphatic heterocycles. The van der Waals surface area contributed by atoms with Crippen molar-refractivity contribution in [2.75, 3.05) is 6.54 Å². The van der Waals surface area contributed by atoms with Gasteiger partial charge in [-0.3, -0.25) is 9.36 Å². The number of hydrogen-bond acceptors (Lipinski definition) is 5. The molecule has 0 bridgehead atoms. The molecule has 1 aliphatic rings. The van der Waals surface area contributed by atoms with Crippen molar-refractivity contribution >= 4 is 12.1 Å². The number of nitrogens with zero attached hydrogens (tertiary/aromatic N) is 1. The molecule has 2 aromatic carbocycles. The topological polar surface area (TPSA) is 86.6 Å². The third-order valence-electron chi connectivity index (χ3n) is 6.27. The Labute approximate surface area is 223 Å². The first-order valence-corrected chi connectivity index (χ1v) is 12.6. The predicted molar refractivity (Wildman–Crippen MR) is 138 cm³/mol. The maximum Gasteiger partial charge on any atom is 0.407 e. The van der Waals surface area contributed by atoms with Gasteiger partial charge in [-0.1, -0.05) is 18.6 Å². The highest BCUT2D eigenvalue weighted by Crippen LogP contribution is 2.38. The third kappa shape index (κ3) is 6.68. The van der Waals surface area contributed by atoms with Crippen molar-refractivity contribution in [2.24, 2.45) is 0 Å². The van der Waals surface area contributed by atoms with Crippen molar-refractivity contribution in [3.63, 3.8) is 0 Å². The molecule has 39 heavy (non-hydrogen) atoms. The molecule has 0 unspecified atom stereocenters. The summed E-state index contributed by atoms with van der Waals surface area (Å²) >= 11 is 0. The molecule has 0 radical (unpaired) electrons. The molecule has 1 heterocycles. The van der Waals surface area contributed by atoms with Gasteiger partial charge in [0.25, 0.3) is 5.56 Å². The molecule has 0 spiro atoms. The van der Waals surface area contributed by atoms with Crippen LogP contribution < -0.4 is 15.6 Å². The van der Waals surface area contributed by atoms with E-state index in [0.29, 0.717) is 17.7 Å². The van der Waals surface area contributed by atoms with Gasteiger partial charge in [0, 0.05) is 24.4 Å². The van der Waals surface area contributed by atoms with Crippen molar-refractivity contribution in [3.05, 3.63) is 93.2 Å². The standard InChI is InChI=1S/C29H29F3N2O5/c1-29(2,3)39-28(37)33-13-12-17-10-11-21(30)20(14-17)27(36)38-19-15-24(18-6-4-7-18)34(25(35)16-19)23-9-5-8-22(31)26(23)32/h5,8-11,14-16,18H,4,6-7,12-13H2,1-3H3,(H,33,37). The summed E-state index contributed by atoms with van der Waals surface area (Å²) in [6.45, 7) is 5.40. The zero-order chi connectivity index (χ0) is 28.3. The number of halogens is 3. The minimum Gasteiger partial charge on any atom is -0.444 e. The smallest absolute Gasteiger partial charge is 0.407 e. The Kier molecular flexibility index (Phi) is 8.13.